The lowest BCUT2D eigenvalue weighted by molar-refractivity contribution is -1.02. The molecule has 2 N–H and O–H groups in total. The zero-order valence-corrected chi connectivity index (χ0v) is 12.8. The van der Waals surface area contributed by atoms with Gasteiger partial charge in [0.2, 0.25) is 0 Å². The maximum atomic E-state index is 12.9. The second kappa shape index (κ2) is 7.19. The Balaban J connectivity index is 1.42. The van der Waals surface area contributed by atoms with E-state index in [1.807, 2.05) is 12.1 Å². The van der Waals surface area contributed by atoms with E-state index in [1.54, 1.807) is 21.9 Å². The molecule has 1 aromatic carbocycles. The molecule has 3 heteroatoms. The van der Waals surface area contributed by atoms with Crippen molar-refractivity contribution in [3.8, 4) is 0 Å². The monoisotopic (exact) mass is 290 g/mol. The number of hydrogen-bond acceptors (Lipinski definition) is 0. The van der Waals surface area contributed by atoms with Crippen molar-refractivity contribution in [1.29, 1.82) is 0 Å². The van der Waals surface area contributed by atoms with Gasteiger partial charge in [-0.1, -0.05) is 24.3 Å². The Morgan fingerprint density at radius 2 is 1.67 bits per heavy atom. The molecule has 1 atom stereocenters. The fraction of sp³-hybridized carbons (Fsp3) is 0.556. The average Bonchev–Trinajstić information content (AvgIpc) is 2.53. The summed E-state index contributed by atoms with van der Waals surface area (Å²) in [6.45, 7) is 7.46. The Bertz CT molecular complexity index is 461. The summed E-state index contributed by atoms with van der Waals surface area (Å²) in [5.41, 5.74) is 1.26. The Hall–Kier alpha value is -1.19. The van der Waals surface area contributed by atoms with Gasteiger partial charge in [0, 0.05) is 11.5 Å². The van der Waals surface area contributed by atoms with Crippen LogP contribution in [0.15, 0.2) is 36.4 Å². The van der Waals surface area contributed by atoms with E-state index in [-0.39, 0.29) is 5.82 Å². The van der Waals surface area contributed by atoms with E-state index in [2.05, 4.69) is 12.2 Å². The molecule has 114 valence electrons. The Morgan fingerprint density at radius 1 is 0.952 bits per heavy atom. The third kappa shape index (κ3) is 4.39. The first-order valence-electron chi connectivity index (χ1n) is 8.36. The van der Waals surface area contributed by atoms with E-state index in [1.165, 1.54) is 57.5 Å². The van der Waals surface area contributed by atoms with Gasteiger partial charge in [0.05, 0.1) is 6.54 Å². The minimum atomic E-state index is -0.135. The van der Waals surface area contributed by atoms with E-state index in [9.17, 15) is 4.39 Å². The molecule has 0 bridgehead atoms. The second-order valence-corrected chi connectivity index (χ2v) is 6.66. The quantitative estimate of drug-likeness (QED) is 0.746. The van der Waals surface area contributed by atoms with Crippen molar-refractivity contribution in [3.05, 3.63) is 47.8 Å². The van der Waals surface area contributed by atoms with E-state index in [4.69, 9.17) is 0 Å². The molecule has 1 saturated heterocycles. The highest BCUT2D eigenvalue weighted by Gasteiger charge is 2.25. The lowest BCUT2D eigenvalue weighted by Crippen LogP contribution is -3.27. The first-order valence-corrected chi connectivity index (χ1v) is 8.36. The summed E-state index contributed by atoms with van der Waals surface area (Å²) in [5, 5.41) is 0. The lowest BCUT2D eigenvalue weighted by Gasteiger charge is -2.32. The maximum Gasteiger partial charge on any atom is 0.127 e. The largest absolute Gasteiger partial charge is 0.325 e. The van der Waals surface area contributed by atoms with Gasteiger partial charge in [-0.15, -0.1) is 0 Å². The molecule has 0 aromatic heterocycles. The third-order valence-corrected chi connectivity index (χ3v) is 4.99. The minimum absolute atomic E-state index is 0.135. The van der Waals surface area contributed by atoms with E-state index < -0.39 is 0 Å². The highest BCUT2D eigenvalue weighted by molar-refractivity contribution is 5.14. The Kier molecular flexibility index (Phi) is 5.04. The van der Waals surface area contributed by atoms with Crippen molar-refractivity contribution >= 4 is 0 Å². The zero-order valence-electron chi connectivity index (χ0n) is 12.8. The van der Waals surface area contributed by atoms with Crippen LogP contribution < -0.4 is 9.80 Å². The minimum Gasteiger partial charge on any atom is -0.325 e. The Labute approximate surface area is 127 Å². The topological polar surface area (TPSA) is 8.88 Å². The molecule has 1 aliphatic carbocycles. The summed E-state index contributed by atoms with van der Waals surface area (Å²) < 4.78 is 12.9. The second-order valence-electron chi connectivity index (χ2n) is 6.66. The van der Waals surface area contributed by atoms with Gasteiger partial charge in [-0.05, 0) is 31.4 Å². The molecule has 2 aliphatic rings. The van der Waals surface area contributed by atoms with Gasteiger partial charge in [0.25, 0.3) is 0 Å². The van der Waals surface area contributed by atoms with Crippen LogP contribution in [0.5, 0.6) is 0 Å². The Morgan fingerprint density at radius 3 is 2.33 bits per heavy atom. The first-order chi connectivity index (χ1) is 10.3. The molecule has 1 aromatic rings. The van der Waals surface area contributed by atoms with E-state index >= 15 is 0 Å². The van der Waals surface area contributed by atoms with Crippen LogP contribution in [-0.2, 0) is 6.54 Å². The normalized spacial score (nSPS) is 29.5. The smallest absolute Gasteiger partial charge is 0.127 e. The molecule has 0 spiro atoms. The van der Waals surface area contributed by atoms with Crippen LogP contribution in [-0.4, -0.2) is 32.7 Å². The van der Waals surface area contributed by atoms with Crippen molar-refractivity contribution in [1.82, 2.24) is 0 Å². The van der Waals surface area contributed by atoms with Crippen LogP contribution in [0.3, 0.4) is 0 Å². The molecule has 2 nitrogen and oxygen atoms in total. The lowest BCUT2D eigenvalue weighted by atomic mass is 9.94. The summed E-state index contributed by atoms with van der Waals surface area (Å²) in [4.78, 5) is 3.44. The van der Waals surface area contributed by atoms with Gasteiger partial charge in [-0.3, -0.25) is 0 Å². The molecule has 0 unspecified atom stereocenters. The van der Waals surface area contributed by atoms with Crippen LogP contribution >= 0.6 is 0 Å². The number of benzene rings is 1. The van der Waals surface area contributed by atoms with Crippen molar-refractivity contribution < 1.29 is 14.2 Å². The predicted molar refractivity (Wildman–Crippen MR) is 82.8 cm³/mol. The number of halogens is 1. The van der Waals surface area contributed by atoms with Gasteiger partial charge < -0.3 is 9.80 Å². The zero-order chi connectivity index (χ0) is 14.5. The highest BCUT2D eigenvalue weighted by atomic mass is 19.1. The fourth-order valence-corrected chi connectivity index (χ4v) is 3.68. The molecule has 0 saturated carbocycles. The highest BCUT2D eigenvalue weighted by Crippen LogP contribution is 2.15. The number of allylic oxidation sites excluding steroid dienone is 2. The number of hydrogen-bond donors (Lipinski definition) is 2. The number of piperazine rings is 1. The van der Waals surface area contributed by atoms with Gasteiger partial charge in [0.15, 0.2) is 0 Å². The molecule has 0 radical (unpaired) electrons. The molecule has 1 heterocycles. The summed E-state index contributed by atoms with van der Waals surface area (Å²) >= 11 is 0. The SMILES string of the molecule is Fc1ccc(C[NH+]2CC[NH+](C[C@H]3CC=CCC3)CC2)cc1. The van der Waals surface area contributed by atoms with Crippen molar-refractivity contribution in [3.63, 3.8) is 0 Å². The molecular weight excluding hydrogens is 263 g/mol. The van der Waals surface area contributed by atoms with Crippen LogP contribution in [0.1, 0.15) is 24.8 Å². The van der Waals surface area contributed by atoms with Crippen molar-refractivity contribution in [2.24, 2.45) is 5.92 Å². The van der Waals surface area contributed by atoms with Crippen molar-refractivity contribution in [2.45, 2.75) is 25.8 Å². The molecule has 1 aliphatic heterocycles. The predicted octanol–water partition coefficient (Wildman–Crippen LogP) is 0.465. The van der Waals surface area contributed by atoms with Crippen LogP contribution in [0, 0.1) is 11.7 Å². The van der Waals surface area contributed by atoms with Crippen LogP contribution in [0.2, 0.25) is 0 Å². The van der Waals surface area contributed by atoms with Gasteiger partial charge >= 0.3 is 0 Å². The van der Waals surface area contributed by atoms with Crippen LogP contribution in [0.25, 0.3) is 0 Å². The number of nitrogens with one attached hydrogen (secondary N) is 2. The molecule has 0 amide bonds. The average molecular weight is 290 g/mol. The molecule has 21 heavy (non-hydrogen) atoms. The first kappa shape index (κ1) is 14.7. The standard InChI is InChI=1S/C18H25FN2/c19-18-8-6-17(7-9-18)15-21-12-10-20(11-13-21)14-16-4-2-1-3-5-16/h1-2,6-9,16H,3-5,10-15H2/p+2/t16-/m0/s1. The number of rotatable bonds is 4. The molecule has 3 rings (SSSR count). The van der Waals surface area contributed by atoms with E-state index in [0.717, 1.165) is 12.5 Å². The summed E-state index contributed by atoms with van der Waals surface area (Å²) in [6.07, 6.45) is 8.64. The molecular formula is C18H27FN2+2. The maximum absolute atomic E-state index is 12.9. The van der Waals surface area contributed by atoms with E-state index in [0.29, 0.717) is 0 Å². The summed E-state index contributed by atoms with van der Waals surface area (Å²) in [6, 6.07) is 7.01. The molecule has 1 fully saturated rings. The fourth-order valence-electron chi connectivity index (χ4n) is 3.68. The summed E-state index contributed by atoms with van der Waals surface area (Å²) in [7, 11) is 0. The summed E-state index contributed by atoms with van der Waals surface area (Å²) in [5.74, 6) is 0.771. The third-order valence-electron chi connectivity index (χ3n) is 4.99. The van der Waals surface area contributed by atoms with Gasteiger partial charge in [0.1, 0.15) is 38.5 Å². The van der Waals surface area contributed by atoms with Gasteiger partial charge in [-0.25, -0.2) is 4.39 Å². The van der Waals surface area contributed by atoms with Crippen molar-refractivity contribution in [2.75, 3.05) is 32.7 Å². The van der Waals surface area contributed by atoms with Gasteiger partial charge in [-0.2, -0.15) is 0 Å². The van der Waals surface area contributed by atoms with Crippen LogP contribution in [0.4, 0.5) is 4.39 Å². The number of quaternary nitrogens is 2.